The van der Waals surface area contributed by atoms with Crippen LogP contribution in [0.4, 0.5) is 4.79 Å². The first-order chi connectivity index (χ1) is 9.11. The largest absolute Gasteiger partial charge is 0.396 e. The first-order valence-electron chi connectivity index (χ1n) is 6.48. The van der Waals surface area contributed by atoms with Crippen LogP contribution in [0, 0.1) is 0 Å². The Morgan fingerprint density at radius 2 is 2.00 bits per heavy atom. The molecule has 0 saturated heterocycles. The van der Waals surface area contributed by atoms with Gasteiger partial charge in [0.05, 0.1) is 0 Å². The van der Waals surface area contributed by atoms with Gasteiger partial charge < -0.3 is 15.7 Å². The first kappa shape index (κ1) is 15.9. The van der Waals surface area contributed by atoms with Gasteiger partial charge in [-0.25, -0.2) is 4.79 Å². The van der Waals surface area contributed by atoms with E-state index in [2.05, 4.69) is 29.7 Å². The lowest BCUT2D eigenvalue weighted by Gasteiger charge is -2.16. The van der Waals surface area contributed by atoms with Gasteiger partial charge in [-0.15, -0.1) is 11.8 Å². The Balaban J connectivity index is 2.22. The zero-order chi connectivity index (χ0) is 14.1. The Labute approximate surface area is 119 Å². The summed E-state index contributed by atoms with van der Waals surface area (Å²) in [5.74, 6) is 0. The van der Waals surface area contributed by atoms with Crippen LogP contribution in [0.15, 0.2) is 35.2 Å². The molecule has 0 radical (unpaired) electrons. The van der Waals surface area contributed by atoms with E-state index in [1.165, 1.54) is 4.90 Å². The maximum atomic E-state index is 11.6. The first-order valence-corrected chi connectivity index (χ1v) is 7.36. The highest BCUT2D eigenvalue weighted by Gasteiger charge is 2.09. The molecule has 5 heteroatoms. The van der Waals surface area contributed by atoms with Crippen molar-refractivity contribution in [2.45, 2.75) is 36.5 Å². The third kappa shape index (κ3) is 7.08. The van der Waals surface area contributed by atoms with Crippen molar-refractivity contribution < 1.29 is 9.90 Å². The Kier molecular flexibility index (Phi) is 7.36. The summed E-state index contributed by atoms with van der Waals surface area (Å²) in [6.45, 7) is 4.64. The molecule has 3 N–H and O–H groups in total. The van der Waals surface area contributed by atoms with Crippen LogP contribution < -0.4 is 10.6 Å². The van der Waals surface area contributed by atoms with Gasteiger partial charge in [0.1, 0.15) is 0 Å². The lowest BCUT2D eigenvalue weighted by Crippen LogP contribution is -2.43. The average Bonchev–Trinajstić information content (AvgIpc) is 2.38. The van der Waals surface area contributed by atoms with E-state index in [0.29, 0.717) is 18.2 Å². The maximum absolute atomic E-state index is 11.6. The van der Waals surface area contributed by atoms with E-state index in [4.69, 9.17) is 5.11 Å². The number of hydrogen-bond acceptors (Lipinski definition) is 3. The molecule has 2 atom stereocenters. The highest BCUT2D eigenvalue weighted by molar-refractivity contribution is 8.00. The number of amides is 2. The minimum Gasteiger partial charge on any atom is -0.396 e. The minimum absolute atomic E-state index is 0.0120. The van der Waals surface area contributed by atoms with Crippen molar-refractivity contribution >= 4 is 17.8 Å². The number of benzene rings is 1. The van der Waals surface area contributed by atoms with Gasteiger partial charge >= 0.3 is 6.03 Å². The van der Waals surface area contributed by atoms with Gasteiger partial charge in [0, 0.05) is 29.3 Å². The number of urea groups is 1. The molecule has 1 aromatic carbocycles. The number of thioether (sulfide) groups is 1. The smallest absolute Gasteiger partial charge is 0.315 e. The van der Waals surface area contributed by atoms with Crippen molar-refractivity contribution in [2.24, 2.45) is 0 Å². The van der Waals surface area contributed by atoms with Crippen LogP contribution in [0.25, 0.3) is 0 Å². The normalized spacial score (nSPS) is 13.6. The molecular formula is C14H22N2O2S. The van der Waals surface area contributed by atoms with Gasteiger partial charge in [-0.3, -0.25) is 0 Å². The molecule has 0 aliphatic carbocycles. The van der Waals surface area contributed by atoms with Crippen LogP contribution in [-0.2, 0) is 0 Å². The van der Waals surface area contributed by atoms with Crippen LogP contribution in [0.3, 0.4) is 0 Å². The standard InChI is InChI=1S/C14H22N2O2S/c1-11(8-9-17)16-14(18)15-10-12(2)19-13-6-4-3-5-7-13/h3-7,11-12,17H,8-10H2,1-2H3,(H2,15,16,18)/t11-,12?/m1/s1. The summed E-state index contributed by atoms with van der Waals surface area (Å²) in [6.07, 6.45) is 0.571. The monoisotopic (exact) mass is 282 g/mol. The molecule has 0 aliphatic rings. The van der Waals surface area contributed by atoms with Gasteiger partial charge in [0.2, 0.25) is 0 Å². The molecule has 2 amide bonds. The molecule has 0 spiro atoms. The number of aliphatic hydroxyl groups is 1. The van der Waals surface area contributed by atoms with Gasteiger partial charge in [0.15, 0.2) is 0 Å². The molecule has 1 rings (SSSR count). The highest BCUT2D eigenvalue weighted by Crippen LogP contribution is 2.21. The summed E-state index contributed by atoms with van der Waals surface area (Å²) in [6, 6.07) is 9.93. The van der Waals surface area contributed by atoms with Crippen LogP contribution in [-0.4, -0.2) is 35.6 Å². The van der Waals surface area contributed by atoms with E-state index in [0.717, 1.165) is 0 Å². The Bertz CT molecular complexity index is 373. The maximum Gasteiger partial charge on any atom is 0.315 e. The number of hydrogen-bond donors (Lipinski definition) is 3. The van der Waals surface area contributed by atoms with E-state index < -0.39 is 0 Å². The summed E-state index contributed by atoms with van der Waals surface area (Å²) in [5, 5.41) is 14.7. The Hall–Kier alpha value is -1.20. The molecule has 0 aliphatic heterocycles. The molecule has 106 valence electrons. The second-order valence-corrected chi connectivity index (χ2v) is 6.02. The van der Waals surface area contributed by atoms with E-state index in [1.807, 2.05) is 25.1 Å². The Morgan fingerprint density at radius 1 is 1.32 bits per heavy atom. The van der Waals surface area contributed by atoms with Crippen LogP contribution in [0.5, 0.6) is 0 Å². The lowest BCUT2D eigenvalue weighted by molar-refractivity contribution is 0.231. The van der Waals surface area contributed by atoms with E-state index in [9.17, 15) is 4.79 Å². The SMILES string of the molecule is CC(CNC(=O)N[C@H](C)CCO)Sc1ccccc1. The van der Waals surface area contributed by atoms with Crippen LogP contribution in [0.1, 0.15) is 20.3 Å². The lowest BCUT2D eigenvalue weighted by atomic mass is 10.2. The Morgan fingerprint density at radius 3 is 2.63 bits per heavy atom. The van der Waals surface area contributed by atoms with E-state index in [1.54, 1.807) is 11.8 Å². The molecule has 1 aromatic rings. The minimum atomic E-state index is -0.179. The van der Waals surface area contributed by atoms with Crippen molar-refractivity contribution in [2.75, 3.05) is 13.2 Å². The number of nitrogens with one attached hydrogen (secondary N) is 2. The molecule has 0 fully saturated rings. The van der Waals surface area contributed by atoms with Crippen LogP contribution in [0.2, 0.25) is 0 Å². The fourth-order valence-electron chi connectivity index (χ4n) is 1.55. The second-order valence-electron chi connectivity index (χ2n) is 4.51. The topological polar surface area (TPSA) is 61.4 Å². The molecule has 19 heavy (non-hydrogen) atoms. The summed E-state index contributed by atoms with van der Waals surface area (Å²) < 4.78 is 0. The zero-order valence-corrected chi connectivity index (χ0v) is 12.2. The van der Waals surface area contributed by atoms with Crippen molar-refractivity contribution in [1.29, 1.82) is 0 Å². The predicted molar refractivity (Wildman–Crippen MR) is 79.5 cm³/mol. The number of aliphatic hydroxyl groups excluding tert-OH is 1. The molecular weight excluding hydrogens is 260 g/mol. The molecule has 0 saturated carbocycles. The van der Waals surface area contributed by atoms with Crippen molar-refractivity contribution in [3.05, 3.63) is 30.3 Å². The zero-order valence-electron chi connectivity index (χ0n) is 11.4. The van der Waals surface area contributed by atoms with Crippen molar-refractivity contribution in [3.8, 4) is 0 Å². The number of rotatable bonds is 7. The molecule has 0 aromatic heterocycles. The predicted octanol–water partition coefficient (Wildman–Crippen LogP) is 2.24. The molecule has 4 nitrogen and oxygen atoms in total. The summed E-state index contributed by atoms with van der Waals surface area (Å²) in [5.41, 5.74) is 0. The molecule has 0 heterocycles. The van der Waals surface area contributed by atoms with Crippen molar-refractivity contribution in [1.82, 2.24) is 10.6 Å². The molecule has 1 unspecified atom stereocenters. The summed E-state index contributed by atoms with van der Waals surface area (Å²) in [7, 11) is 0. The highest BCUT2D eigenvalue weighted by atomic mass is 32.2. The van der Waals surface area contributed by atoms with Gasteiger partial charge in [0.25, 0.3) is 0 Å². The van der Waals surface area contributed by atoms with Gasteiger partial charge in [-0.05, 0) is 25.5 Å². The van der Waals surface area contributed by atoms with Crippen molar-refractivity contribution in [3.63, 3.8) is 0 Å². The third-order valence-electron chi connectivity index (χ3n) is 2.57. The number of carbonyl (C=O) groups is 1. The van der Waals surface area contributed by atoms with Gasteiger partial charge in [-0.1, -0.05) is 25.1 Å². The quantitative estimate of drug-likeness (QED) is 0.672. The fraction of sp³-hybridized carbons (Fsp3) is 0.500. The van der Waals surface area contributed by atoms with Gasteiger partial charge in [-0.2, -0.15) is 0 Å². The fourth-order valence-corrected chi connectivity index (χ4v) is 2.50. The second kappa shape index (κ2) is 8.82. The van der Waals surface area contributed by atoms with E-state index in [-0.39, 0.29) is 18.7 Å². The molecule has 0 bridgehead atoms. The average molecular weight is 282 g/mol. The third-order valence-corrected chi connectivity index (χ3v) is 3.68. The van der Waals surface area contributed by atoms with E-state index >= 15 is 0 Å². The summed E-state index contributed by atoms with van der Waals surface area (Å²) in [4.78, 5) is 12.8. The van der Waals surface area contributed by atoms with Crippen LogP contribution >= 0.6 is 11.8 Å². The summed E-state index contributed by atoms with van der Waals surface area (Å²) >= 11 is 1.73. The number of carbonyl (C=O) groups excluding carboxylic acids is 1.